The zero-order valence-electron chi connectivity index (χ0n) is 14.2. The van der Waals surface area contributed by atoms with Crippen LogP contribution in [0.1, 0.15) is 5.56 Å². The van der Waals surface area contributed by atoms with Crippen molar-refractivity contribution < 1.29 is 8.98 Å². The molecule has 5 aromatic rings. The van der Waals surface area contributed by atoms with E-state index in [2.05, 4.69) is 60.1 Å². The normalized spacial score (nSPS) is 11.6. The van der Waals surface area contributed by atoms with Crippen LogP contribution in [-0.4, -0.2) is 4.98 Å². The van der Waals surface area contributed by atoms with Crippen LogP contribution in [0.2, 0.25) is 0 Å². The molecular formula is C22H17N2O+. The summed E-state index contributed by atoms with van der Waals surface area (Å²) in [6.07, 6.45) is 3.89. The van der Waals surface area contributed by atoms with E-state index in [1.165, 1.54) is 5.56 Å². The van der Waals surface area contributed by atoms with Crippen molar-refractivity contribution in [3.05, 3.63) is 72.6 Å². The van der Waals surface area contributed by atoms with E-state index >= 15 is 0 Å². The maximum atomic E-state index is 6.34. The monoisotopic (exact) mass is 325 g/mol. The highest BCUT2D eigenvalue weighted by atomic mass is 16.3. The van der Waals surface area contributed by atoms with E-state index in [0.29, 0.717) is 0 Å². The number of benzene rings is 2. The zero-order valence-corrected chi connectivity index (χ0v) is 14.2. The number of furan rings is 1. The van der Waals surface area contributed by atoms with Gasteiger partial charge in [-0.2, -0.15) is 0 Å². The molecule has 0 fully saturated rings. The topological polar surface area (TPSA) is 29.9 Å². The van der Waals surface area contributed by atoms with Crippen LogP contribution in [0.3, 0.4) is 0 Å². The second-order valence-corrected chi connectivity index (χ2v) is 6.44. The summed E-state index contributed by atoms with van der Waals surface area (Å²) in [5, 5.41) is 3.41. The van der Waals surface area contributed by atoms with Gasteiger partial charge in [0.1, 0.15) is 18.2 Å². The van der Waals surface area contributed by atoms with Crippen molar-refractivity contribution in [1.29, 1.82) is 0 Å². The van der Waals surface area contributed by atoms with E-state index < -0.39 is 0 Å². The number of rotatable bonds is 1. The van der Waals surface area contributed by atoms with E-state index in [-0.39, 0.29) is 0 Å². The van der Waals surface area contributed by atoms with Crippen LogP contribution in [0.5, 0.6) is 0 Å². The SMILES string of the molecule is Cc1ccc2c(oc3ccc4ncccc4c32)c1-c1cccc[n+]1C. The predicted octanol–water partition coefficient (Wildman–Crippen LogP) is 4.93. The summed E-state index contributed by atoms with van der Waals surface area (Å²) in [5.41, 5.74) is 6.33. The third-order valence-corrected chi connectivity index (χ3v) is 4.91. The predicted molar refractivity (Wildman–Crippen MR) is 100 cm³/mol. The highest BCUT2D eigenvalue weighted by Gasteiger charge is 2.20. The van der Waals surface area contributed by atoms with Gasteiger partial charge < -0.3 is 4.42 Å². The lowest BCUT2D eigenvalue weighted by atomic mass is 9.99. The van der Waals surface area contributed by atoms with Crippen LogP contribution >= 0.6 is 0 Å². The smallest absolute Gasteiger partial charge is 0.216 e. The minimum absolute atomic E-state index is 0.904. The summed E-state index contributed by atoms with van der Waals surface area (Å²) in [6.45, 7) is 2.13. The molecular weight excluding hydrogens is 308 g/mol. The third-order valence-electron chi connectivity index (χ3n) is 4.91. The molecule has 3 heterocycles. The van der Waals surface area contributed by atoms with Crippen molar-refractivity contribution in [1.82, 2.24) is 4.98 Å². The van der Waals surface area contributed by atoms with Crippen LogP contribution in [-0.2, 0) is 7.05 Å². The highest BCUT2D eigenvalue weighted by Crippen LogP contribution is 2.39. The molecule has 0 radical (unpaired) electrons. The van der Waals surface area contributed by atoms with E-state index in [1.807, 2.05) is 30.5 Å². The first-order valence-corrected chi connectivity index (χ1v) is 8.38. The Balaban J connectivity index is 1.99. The van der Waals surface area contributed by atoms with Crippen LogP contribution in [0.15, 0.2) is 71.4 Å². The van der Waals surface area contributed by atoms with Gasteiger partial charge in [0.05, 0.1) is 11.1 Å². The van der Waals surface area contributed by atoms with Gasteiger partial charge in [-0.15, -0.1) is 0 Å². The van der Waals surface area contributed by atoms with Crippen LogP contribution < -0.4 is 4.57 Å². The first-order valence-electron chi connectivity index (χ1n) is 8.38. The van der Waals surface area contributed by atoms with Gasteiger partial charge >= 0.3 is 0 Å². The molecule has 0 bridgehead atoms. The van der Waals surface area contributed by atoms with Gasteiger partial charge in [0, 0.05) is 34.5 Å². The van der Waals surface area contributed by atoms with Crippen molar-refractivity contribution in [3.63, 3.8) is 0 Å². The van der Waals surface area contributed by atoms with Gasteiger partial charge in [0.2, 0.25) is 5.69 Å². The number of hydrogen-bond donors (Lipinski definition) is 0. The Morgan fingerprint density at radius 3 is 2.72 bits per heavy atom. The Morgan fingerprint density at radius 1 is 0.920 bits per heavy atom. The second kappa shape index (κ2) is 5.15. The molecule has 3 heteroatoms. The molecule has 0 aliphatic rings. The Morgan fingerprint density at radius 2 is 1.84 bits per heavy atom. The van der Waals surface area contributed by atoms with Gasteiger partial charge in [0.25, 0.3) is 0 Å². The lowest BCUT2D eigenvalue weighted by molar-refractivity contribution is -0.660. The minimum atomic E-state index is 0.904. The first-order chi connectivity index (χ1) is 12.2. The first kappa shape index (κ1) is 14.2. The summed E-state index contributed by atoms with van der Waals surface area (Å²) in [4.78, 5) is 4.48. The molecule has 0 atom stereocenters. The molecule has 0 unspecified atom stereocenters. The van der Waals surface area contributed by atoms with Crippen molar-refractivity contribution in [2.45, 2.75) is 6.92 Å². The fourth-order valence-corrected chi connectivity index (χ4v) is 3.69. The Bertz CT molecular complexity index is 1270. The van der Waals surface area contributed by atoms with Gasteiger partial charge in [-0.05, 0) is 36.8 Å². The van der Waals surface area contributed by atoms with E-state index in [1.54, 1.807) is 0 Å². The van der Waals surface area contributed by atoms with E-state index in [4.69, 9.17) is 4.42 Å². The maximum Gasteiger partial charge on any atom is 0.216 e. The number of fused-ring (bicyclic) bond motifs is 5. The zero-order chi connectivity index (χ0) is 17.0. The Labute approximate surface area is 145 Å². The Hall–Kier alpha value is -3.20. The average Bonchev–Trinajstić information content (AvgIpc) is 3.01. The lowest BCUT2D eigenvalue weighted by Gasteiger charge is -2.05. The van der Waals surface area contributed by atoms with Gasteiger partial charge in [0.15, 0.2) is 6.20 Å². The van der Waals surface area contributed by atoms with E-state index in [0.717, 1.165) is 44.1 Å². The lowest BCUT2D eigenvalue weighted by Crippen LogP contribution is -2.30. The molecule has 0 saturated heterocycles. The largest absolute Gasteiger partial charge is 0.455 e. The van der Waals surface area contributed by atoms with Crippen LogP contribution in [0.4, 0.5) is 0 Å². The molecule has 0 spiro atoms. The van der Waals surface area contributed by atoms with Gasteiger partial charge in [-0.3, -0.25) is 4.98 Å². The summed E-state index contributed by atoms with van der Waals surface area (Å²) >= 11 is 0. The van der Waals surface area contributed by atoms with E-state index in [9.17, 15) is 0 Å². The molecule has 0 amide bonds. The van der Waals surface area contributed by atoms with Crippen LogP contribution in [0.25, 0.3) is 44.1 Å². The van der Waals surface area contributed by atoms with Crippen molar-refractivity contribution >= 4 is 32.8 Å². The summed E-state index contributed by atoms with van der Waals surface area (Å²) in [7, 11) is 2.07. The molecule has 0 saturated carbocycles. The second-order valence-electron chi connectivity index (χ2n) is 6.44. The van der Waals surface area contributed by atoms with Gasteiger partial charge in [-0.25, -0.2) is 4.57 Å². The molecule has 3 aromatic heterocycles. The van der Waals surface area contributed by atoms with Gasteiger partial charge in [-0.1, -0.05) is 18.2 Å². The fourth-order valence-electron chi connectivity index (χ4n) is 3.69. The quantitative estimate of drug-likeness (QED) is 0.409. The number of pyridine rings is 2. The molecule has 120 valence electrons. The third kappa shape index (κ3) is 1.99. The number of aryl methyl sites for hydroxylation is 2. The van der Waals surface area contributed by atoms with Crippen molar-refractivity contribution in [2.75, 3.05) is 0 Å². The number of aromatic nitrogens is 2. The molecule has 3 nitrogen and oxygen atoms in total. The molecule has 0 aliphatic heterocycles. The number of nitrogens with zero attached hydrogens (tertiary/aromatic N) is 2. The molecule has 0 N–H and O–H groups in total. The number of hydrogen-bond acceptors (Lipinski definition) is 2. The molecule has 25 heavy (non-hydrogen) atoms. The molecule has 5 rings (SSSR count). The summed E-state index contributed by atoms with van der Waals surface area (Å²) in [5.74, 6) is 0. The minimum Gasteiger partial charge on any atom is -0.455 e. The maximum absolute atomic E-state index is 6.34. The summed E-state index contributed by atoms with van der Waals surface area (Å²) < 4.78 is 8.47. The standard InChI is InChI=1S/C22H17N2O/c1-14-8-9-16-21-15-6-5-12-23-17(15)10-11-19(21)25-22(16)20(14)18-7-3-4-13-24(18)2/h3-13H,1-2H3/q+1. The average molecular weight is 325 g/mol. The Kier molecular flexibility index (Phi) is 2.92. The van der Waals surface area contributed by atoms with Crippen molar-refractivity contribution in [2.24, 2.45) is 7.05 Å². The highest BCUT2D eigenvalue weighted by molar-refractivity contribution is 6.20. The fraction of sp³-hybridized carbons (Fsp3) is 0.0909. The summed E-state index contributed by atoms with van der Waals surface area (Å²) in [6, 6.07) is 18.7. The van der Waals surface area contributed by atoms with Crippen LogP contribution in [0, 0.1) is 6.92 Å². The molecule has 0 aliphatic carbocycles. The van der Waals surface area contributed by atoms with Crippen molar-refractivity contribution in [3.8, 4) is 11.3 Å². The molecule has 2 aromatic carbocycles.